The number of rotatable bonds is 7. The number of hydrogen-bond acceptors (Lipinski definition) is 4. The van der Waals surface area contributed by atoms with E-state index in [2.05, 4.69) is 5.32 Å². The summed E-state index contributed by atoms with van der Waals surface area (Å²) in [5.41, 5.74) is 1.84. The number of hydrogen-bond donors (Lipinski definition) is 1. The smallest absolute Gasteiger partial charge is 0.255 e. The highest BCUT2D eigenvalue weighted by Crippen LogP contribution is 2.27. The van der Waals surface area contributed by atoms with E-state index in [1.165, 1.54) is 10.4 Å². The van der Waals surface area contributed by atoms with E-state index in [1.807, 2.05) is 23.1 Å². The van der Waals surface area contributed by atoms with Crippen LogP contribution in [0.25, 0.3) is 0 Å². The molecule has 0 spiro atoms. The highest BCUT2D eigenvalue weighted by atomic mass is 32.2. The third-order valence-electron chi connectivity index (χ3n) is 6.84. The van der Waals surface area contributed by atoms with Crippen molar-refractivity contribution < 1.29 is 18.0 Å². The molecule has 34 heavy (non-hydrogen) atoms. The van der Waals surface area contributed by atoms with Crippen molar-refractivity contribution in [2.45, 2.75) is 68.8 Å². The zero-order valence-corrected chi connectivity index (χ0v) is 20.5. The Morgan fingerprint density at radius 2 is 1.79 bits per heavy atom. The number of carbonyl (C=O) groups is 2. The molecule has 1 saturated heterocycles. The van der Waals surface area contributed by atoms with Crippen molar-refractivity contribution in [2.75, 3.05) is 18.9 Å². The van der Waals surface area contributed by atoms with E-state index in [1.54, 1.807) is 31.3 Å². The Labute approximate surface area is 202 Å². The minimum atomic E-state index is -3.68. The summed E-state index contributed by atoms with van der Waals surface area (Å²) in [6.45, 7) is 1.27. The van der Waals surface area contributed by atoms with Gasteiger partial charge in [0.15, 0.2) is 0 Å². The lowest BCUT2D eigenvalue weighted by atomic mass is 9.96. The summed E-state index contributed by atoms with van der Waals surface area (Å²) in [5.74, 6) is -0.208. The van der Waals surface area contributed by atoms with Gasteiger partial charge in [0.2, 0.25) is 15.9 Å². The molecule has 7 nitrogen and oxygen atoms in total. The highest BCUT2D eigenvalue weighted by Gasteiger charge is 2.29. The first-order chi connectivity index (χ1) is 16.3. The lowest BCUT2D eigenvalue weighted by Gasteiger charge is -2.30. The molecule has 2 aliphatic rings. The minimum absolute atomic E-state index is 0.00533. The molecule has 1 N–H and O–H groups in total. The van der Waals surface area contributed by atoms with E-state index in [9.17, 15) is 18.0 Å². The first-order valence-corrected chi connectivity index (χ1v) is 13.5. The topological polar surface area (TPSA) is 86.8 Å². The summed E-state index contributed by atoms with van der Waals surface area (Å²) < 4.78 is 27.8. The van der Waals surface area contributed by atoms with Gasteiger partial charge in [-0.1, -0.05) is 37.5 Å². The first-order valence-electron chi connectivity index (χ1n) is 12.1. The van der Waals surface area contributed by atoms with Crippen molar-refractivity contribution >= 4 is 27.5 Å². The van der Waals surface area contributed by atoms with Gasteiger partial charge in [-0.05, 0) is 61.6 Å². The SMILES string of the molecule is CN(C1CCCCC1)S(=O)(=O)c1cccc(C(=O)Nc2cccc(CN3CCCCC3=O)c2)c1. The maximum Gasteiger partial charge on any atom is 0.255 e. The van der Waals surface area contributed by atoms with Crippen LogP contribution in [0.5, 0.6) is 0 Å². The summed E-state index contributed by atoms with van der Waals surface area (Å²) in [6, 6.07) is 13.6. The van der Waals surface area contributed by atoms with Crippen LogP contribution in [0.15, 0.2) is 53.4 Å². The van der Waals surface area contributed by atoms with Crippen molar-refractivity contribution in [2.24, 2.45) is 0 Å². The number of carbonyl (C=O) groups excluding carboxylic acids is 2. The standard InChI is InChI=1S/C26H33N3O4S/c1-28(23-12-3-2-4-13-23)34(32,33)24-14-8-10-21(18-24)26(31)27-22-11-7-9-20(17-22)19-29-16-6-5-15-25(29)30/h7-11,14,17-18,23H,2-6,12-13,15-16,19H2,1H3,(H,27,31). The average Bonchev–Trinajstić information content (AvgIpc) is 2.86. The van der Waals surface area contributed by atoms with Crippen LogP contribution in [0.4, 0.5) is 5.69 Å². The molecule has 1 saturated carbocycles. The second kappa shape index (κ2) is 10.7. The third-order valence-corrected chi connectivity index (χ3v) is 8.75. The molecule has 2 aromatic carbocycles. The highest BCUT2D eigenvalue weighted by molar-refractivity contribution is 7.89. The van der Waals surface area contributed by atoms with Gasteiger partial charge in [-0.25, -0.2) is 8.42 Å². The van der Waals surface area contributed by atoms with Gasteiger partial charge in [0, 0.05) is 43.9 Å². The normalized spacial score (nSPS) is 17.7. The van der Waals surface area contributed by atoms with Crippen LogP contribution >= 0.6 is 0 Å². The average molecular weight is 484 g/mol. The Balaban J connectivity index is 1.46. The van der Waals surface area contributed by atoms with Crippen molar-refractivity contribution in [1.29, 1.82) is 0 Å². The Bertz CT molecular complexity index is 1140. The molecule has 0 atom stereocenters. The fourth-order valence-electron chi connectivity index (χ4n) is 4.80. The molecule has 1 aliphatic carbocycles. The lowest BCUT2D eigenvalue weighted by Crippen LogP contribution is -2.38. The molecule has 182 valence electrons. The maximum absolute atomic E-state index is 13.2. The molecule has 2 amide bonds. The van der Waals surface area contributed by atoms with Gasteiger partial charge < -0.3 is 10.2 Å². The Morgan fingerprint density at radius 3 is 2.56 bits per heavy atom. The number of piperidine rings is 1. The molecule has 0 unspecified atom stereocenters. The molecular weight excluding hydrogens is 450 g/mol. The van der Waals surface area contributed by atoms with E-state index < -0.39 is 10.0 Å². The number of anilines is 1. The number of amides is 2. The van der Waals surface area contributed by atoms with Gasteiger partial charge in [0.1, 0.15) is 0 Å². The van der Waals surface area contributed by atoms with E-state index in [0.29, 0.717) is 18.7 Å². The van der Waals surface area contributed by atoms with Crippen LogP contribution in [0.1, 0.15) is 67.3 Å². The zero-order chi connectivity index (χ0) is 24.1. The largest absolute Gasteiger partial charge is 0.338 e. The molecule has 1 heterocycles. The number of nitrogens with zero attached hydrogens (tertiary/aromatic N) is 2. The zero-order valence-electron chi connectivity index (χ0n) is 19.7. The van der Waals surface area contributed by atoms with E-state index in [0.717, 1.165) is 57.1 Å². The predicted octanol–water partition coefficient (Wildman–Crippen LogP) is 4.40. The maximum atomic E-state index is 13.2. The molecule has 8 heteroatoms. The molecule has 4 rings (SSSR count). The number of likely N-dealkylation sites (tertiary alicyclic amines) is 1. The second-order valence-electron chi connectivity index (χ2n) is 9.27. The molecule has 0 radical (unpaired) electrons. The predicted molar refractivity (Wildman–Crippen MR) is 132 cm³/mol. The summed E-state index contributed by atoms with van der Waals surface area (Å²) in [6.07, 6.45) is 7.51. The quantitative estimate of drug-likeness (QED) is 0.632. The van der Waals surface area contributed by atoms with Gasteiger partial charge in [0.05, 0.1) is 4.90 Å². The van der Waals surface area contributed by atoms with Gasteiger partial charge >= 0.3 is 0 Å². The van der Waals surface area contributed by atoms with E-state index in [4.69, 9.17) is 0 Å². The van der Waals surface area contributed by atoms with Crippen LogP contribution < -0.4 is 5.32 Å². The van der Waals surface area contributed by atoms with Crippen molar-refractivity contribution in [3.05, 3.63) is 59.7 Å². The monoisotopic (exact) mass is 483 g/mol. The molecule has 0 bridgehead atoms. The minimum Gasteiger partial charge on any atom is -0.338 e. The van der Waals surface area contributed by atoms with Crippen molar-refractivity contribution in [3.8, 4) is 0 Å². The Kier molecular flexibility index (Phi) is 7.68. The van der Waals surface area contributed by atoms with Crippen LogP contribution in [-0.2, 0) is 21.4 Å². The first kappa shape index (κ1) is 24.4. The summed E-state index contributed by atoms with van der Waals surface area (Å²) >= 11 is 0. The number of benzene rings is 2. The fourth-order valence-corrected chi connectivity index (χ4v) is 6.27. The molecule has 0 aromatic heterocycles. The Hall–Kier alpha value is -2.71. The molecule has 2 aromatic rings. The Morgan fingerprint density at radius 1 is 1.03 bits per heavy atom. The van der Waals surface area contributed by atoms with Crippen LogP contribution in [0, 0.1) is 0 Å². The summed E-state index contributed by atoms with van der Waals surface area (Å²) in [4.78, 5) is 27.0. The summed E-state index contributed by atoms with van der Waals surface area (Å²) in [5, 5.41) is 2.87. The fraction of sp³-hybridized carbons (Fsp3) is 0.462. The van der Waals surface area contributed by atoms with Crippen LogP contribution in [0.2, 0.25) is 0 Å². The second-order valence-corrected chi connectivity index (χ2v) is 11.3. The summed E-state index contributed by atoms with van der Waals surface area (Å²) in [7, 11) is -2.04. The number of sulfonamides is 1. The number of nitrogens with one attached hydrogen (secondary N) is 1. The van der Waals surface area contributed by atoms with Crippen LogP contribution in [0.3, 0.4) is 0 Å². The lowest BCUT2D eigenvalue weighted by molar-refractivity contribution is -0.133. The molecule has 2 fully saturated rings. The van der Waals surface area contributed by atoms with Gasteiger partial charge in [-0.3, -0.25) is 9.59 Å². The van der Waals surface area contributed by atoms with Crippen molar-refractivity contribution in [1.82, 2.24) is 9.21 Å². The molecule has 1 aliphatic heterocycles. The van der Waals surface area contributed by atoms with E-state index >= 15 is 0 Å². The van der Waals surface area contributed by atoms with Gasteiger partial charge in [-0.2, -0.15) is 4.31 Å². The van der Waals surface area contributed by atoms with Gasteiger partial charge in [0.25, 0.3) is 5.91 Å². The third kappa shape index (κ3) is 5.67. The van der Waals surface area contributed by atoms with Gasteiger partial charge in [-0.15, -0.1) is 0 Å². The molecular formula is C26H33N3O4S. The van der Waals surface area contributed by atoms with E-state index in [-0.39, 0.29) is 28.3 Å². The van der Waals surface area contributed by atoms with Crippen molar-refractivity contribution in [3.63, 3.8) is 0 Å². The van der Waals surface area contributed by atoms with Crippen LogP contribution in [-0.4, -0.2) is 49.1 Å².